The summed E-state index contributed by atoms with van der Waals surface area (Å²) in [7, 11) is 1.43. The maximum atomic E-state index is 11.8. The molecule has 0 aromatic heterocycles. The predicted octanol–water partition coefficient (Wildman–Crippen LogP) is 2.17. The van der Waals surface area contributed by atoms with E-state index in [9.17, 15) is 4.79 Å². The van der Waals surface area contributed by atoms with Gasteiger partial charge in [0.15, 0.2) is 0 Å². The van der Waals surface area contributed by atoms with Gasteiger partial charge in [-0.3, -0.25) is 4.79 Å². The van der Waals surface area contributed by atoms with Gasteiger partial charge in [-0.1, -0.05) is 23.7 Å². The molecule has 0 spiro atoms. The van der Waals surface area contributed by atoms with Crippen LogP contribution >= 0.6 is 11.6 Å². The zero-order valence-electron chi connectivity index (χ0n) is 9.48. The molecule has 2 bridgehead atoms. The van der Waals surface area contributed by atoms with Gasteiger partial charge in [-0.05, 0) is 24.1 Å². The summed E-state index contributed by atoms with van der Waals surface area (Å²) in [5, 5.41) is 0.703. The van der Waals surface area contributed by atoms with Gasteiger partial charge in [0, 0.05) is 10.4 Å². The minimum absolute atomic E-state index is 0.0260. The first-order chi connectivity index (χ1) is 8.17. The Morgan fingerprint density at radius 3 is 2.76 bits per heavy atom. The number of halogens is 1. The lowest BCUT2D eigenvalue weighted by Gasteiger charge is -2.43. The maximum Gasteiger partial charge on any atom is 0.312 e. The largest absolute Gasteiger partial charge is 0.469 e. The molecule has 4 heteroatoms. The second-order valence-electron chi connectivity index (χ2n) is 4.72. The number of carbonyl (C=O) groups is 1. The van der Waals surface area contributed by atoms with Gasteiger partial charge >= 0.3 is 5.97 Å². The van der Waals surface area contributed by atoms with Gasteiger partial charge in [0.05, 0.1) is 25.7 Å². The van der Waals surface area contributed by atoms with Gasteiger partial charge in [-0.15, -0.1) is 0 Å². The molecule has 3 fully saturated rings. The van der Waals surface area contributed by atoms with Crippen molar-refractivity contribution in [2.45, 2.75) is 17.9 Å². The zero-order chi connectivity index (χ0) is 12.0. The molecule has 2 aliphatic heterocycles. The molecular formula is C13H13ClO3. The number of benzene rings is 1. The number of ether oxygens (including phenoxy) is 2. The monoisotopic (exact) mass is 252 g/mol. The summed E-state index contributed by atoms with van der Waals surface area (Å²) >= 11 is 5.88. The van der Waals surface area contributed by atoms with Gasteiger partial charge in [0.1, 0.15) is 0 Å². The van der Waals surface area contributed by atoms with Crippen LogP contribution in [0.1, 0.15) is 12.0 Å². The van der Waals surface area contributed by atoms with Crippen molar-refractivity contribution in [1.82, 2.24) is 0 Å². The molecule has 1 saturated carbocycles. The SMILES string of the molecule is COC(=O)[C@@H]1[C@H]2C[C@]1(c1ccc(Cl)cc1)CO2. The Kier molecular flexibility index (Phi) is 2.42. The van der Waals surface area contributed by atoms with Crippen molar-refractivity contribution in [3.05, 3.63) is 34.9 Å². The van der Waals surface area contributed by atoms with Gasteiger partial charge in [0.25, 0.3) is 0 Å². The number of fused-ring (bicyclic) bond motifs is 1. The van der Waals surface area contributed by atoms with E-state index in [2.05, 4.69) is 0 Å². The Hall–Kier alpha value is -1.06. The number of esters is 1. The Morgan fingerprint density at radius 1 is 1.47 bits per heavy atom. The molecule has 3 atom stereocenters. The van der Waals surface area contributed by atoms with Gasteiger partial charge in [-0.25, -0.2) is 0 Å². The van der Waals surface area contributed by atoms with Crippen molar-refractivity contribution in [2.75, 3.05) is 13.7 Å². The Bertz CT molecular complexity index is 452. The number of methoxy groups -OCH3 is 1. The average Bonchev–Trinajstić information content (AvgIpc) is 2.89. The van der Waals surface area contributed by atoms with Crippen LogP contribution in [-0.2, 0) is 19.7 Å². The molecule has 0 radical (unpaired) electrons. The van der Waals surface area contributed by atoms with Crippen molar-refractivity contribution < 1.29 is 14.3 Å². The van der Waals surface area contributed by atoms with E-state index < -0.39 is 0 Å². The van der Waals surface area contributed by atoms with Crippen molar-refractivity contribution in [3.63, 3.8) is 0 Å². The van der Waals surface area contributed by atoms with Gasteiger partial charge < -0.3 is 9.47 Å². The minimum Gasteiger partial charge on any atom is -0.469 e. The molecule has 0 amide bonds. The first-order valence-corrected chi connectivity index (χ1v) is 6.01. The van der Waals surface area contributed by atoms with Crippen molar-refractivity contribution >= 4 is 17.6 Å². The highest BCUT2D eigenvalue weighted by molar-refractivity contribution is 6.30. The van der Waals surface area contributed by atoms with E-state index in [-0.39, 0.29) is 23.4 Å². The molecule has 17 heavy (non-hydrogen) atoms. The van der Waals surface area contributed by atoms with E-state index in [0.29, 0.717) is 11.6 Å². The Balaban J connectivity index is 1.96. The fourth-order valence-corrected chi connectivity index (χ4v) is 3.15. The van der Waals surface area contributed by atoms with Crippen LogP contribution in [-0.4, -0.2) is 25.8 Å². The molecule has 3 nitrogen and oxygen atoms in total. The molecule has 1 aliphatic carbocycles. The first kappa shape index (κ1) is 11.1. The normalized spacial score (nSPS) is 34.2. The smallest absolute Gasteiger partial charge is 0.312 e. The predicted molar refractivity (Wildman–Crippen MR) is 63.0 cm³/mol. The summed E-state index contributed by atoms with van der Waals surface area (Å²) < 4.78 is 10.5. The lowest BCUT2D eigenvalue weighted by molar-refractivity contribution is -0.154. The molecule has 1 aromatic carbocycles. The molecule has 0 unspecified atom stereocenters. The summed E-state index contributed by atoms with van der Waals surface area (Å²) in [6, 6.07) is 7.66. The van der Waals surface area contributed by atoms with Crippen LogP contribution in [0.15, 0.2) is 24.3 Å². The van der Waals surface area contributed by atoms with E-state index in [1.165, 1.54) is 7.11 Å². The summed E-state index contributed by atoms with van der Waals surface area (Å²) in [6.07, 6.45) is 0.923. The van der Waals surface area contributed by atoms with Crippen LogP contribution in [0, 0.1) is 5.92 Å². The van der Waals surface area contributed by atoms with E-state index in [4.69, 9.17) is 21.1 Å². The summed E-state index contributed by atoms with van der Waals surface area (Å²) in [5.74, 6) is -0.331. The third-order valence-corrected chi connectivity index (χ3v) is 4.21. The number of hydrogen-bond donors (Lipinski definition) is 0. The lowest BCUT2D eigenvalue weighted by atomic mass is 9.57. The third kappa shape index (κ3) is 1.42. The summed E-state index contributed by atoms with van der Waals surface area (Å²) in [4.78, 5) is 11.8. The van der Waals surface area contributed by atoms with Crippen LogP contribution in [0.5, 0.6) is 0 Å². The Labute approximate surface area is 105 Å². The standard InChI is InChI=1S/C13H13ClO3/c1-16-12(15)11-10-6-13(11,7-17-10)8-2-4-9(14)5-3-8/h2-5,10-11H,6-7H2,1H3/t10-,11+,13-/m1/s1. The second-order valence-corrected chi connectivity index (χ2v) is 5.15. The molecule has 4 rings (SSSR count). The minimum atomic E-state index is -0.192. The molecule has 0 N–H and O–H groups in total. The highest BCUT2D eigenvalue weighted by Gasteiger charge is 2.65. The molecular weight excluding hydrogens is 240 g/mol. The number of hydrogen-bond acceptors (Lipinski definition) is 3. The average molecular weight is 253 g/mol. The maximum absolute atomic E-state index is 11.8. The first-order valence-electron chi connectivity index (χ1n) is 5.63. The molecule has 1 aromatic rings. The molecule has 2 saturated heterocycles. The molecule has 90 valence electrons. The van der Waals surface area contributed by atoms with Crippen molar-refractivity contribution in [1.29, 1.82) is 0 Å². The summed E-state index contributed by atoms with van der Waals surface area (Å²) in [6.45, 7) is 0.596. The zero-order valence-corrected chi connectivity index (χ0v) is 10.2. The van der Waals surface area contributed by atoms with E-state index in [1.807, 2.05) is 24.3 Å². The van der Waals surface area contributed by atoms with Gasteiger partial charge in [0.2, 0.25) is 0 Å². The topological polar surface area (TPSA) is 35.5 Å². The third-order valence-electron chi connectivity index (χ3n) is 3.96. The molecule has 2 heterocycles. The van der Waals surface area contributed by atoms with Crippen LogP contribution in [0.3, 0.4) is 0 Å². The lowest BCUT2D eigenvalue weighted by Crippen LogP contribution is -2.52. The highest BCUT2D eigenvalue weighted by atomic mass is 35.5. The molecule has 3 aliphatic rings. The Morgan fingerprint density at radius 2 is 2.18 bits per heavy atom. The fourth-order valence-electron chi connectivity index (χ4n) is 3.03. The van der Waals surface area contributed by atoms with E-state index in [1.54, 1.807) is 0 Å². The van der Waals surface area contributed by atoms with E-state index in [0.717, 1.165) is 12.0 Å². The fraction of sp³-hybridized carbons (Fsp3) is 0.462. The van der Waals surface area contributed by atoms with E-state index >= 15 is 0 Å². The van der Waals surface area contributed by atoms with Crippen LogP contribution in [0.4, 0.5) is 0 Å². The second kappa shape index (κ2) is 3.72. The highest BCUT2D eigenvalue weighted by Crippen LogP contribution is 2.56. The van der Waals surface area contributed by atoms with Crippen LogP contribution < -0.4 is 0 Å². The van der Waals surface area contributed by atoms with Crippen LogP contribution in [0.2, 0.25) is 5.02 Å². The van der Waals surface area contributed by atoms with Crippen molar-refractivity contribution in [3.8, 4) is 0 Å². The summed E-state index contributed by atoms with van der Waals surface area (Å²) in [5.41, 5.74) is 0.925. The van der Waals surface area contributed by atoms with Crippen LogP contribution in [0.25, 0.3) is 0 Å². The van der Waals surface area contributed by atoms with Crippen molar-refractivity contribution in [2.24, 2.45) is 5.92 Å². The number of rotatable bonds is 2. The number of carbonyl (C=O) groups excluding carboxylic acids is 1. The van der Waals surface area contributed by atoms with Gasteiger partial charge in [-0.2, -0.15) is 0 Å². The quantitative estimate of drug-likeness (QED) is 0.757.